The van der Waals surface area contributed by atoms with Gasteiger partial charge in [0.05, 0.1) is 5.41 Å². The summed E-state index contributed by atoms with van der Waals surface area (Å²) >= 11 is 1.57. The van der Waals surface area contributed by atoms with Gasteiger partial charge in [0.15, 0.2) is 0 Å². The maximum atomic E-state index is 11.9. The average molecular weight is 294 g/mol. The molecular weight excluding hydrogens is 275 g/mol. The predicted molar refractivity (Wildman–Crippen MR) is 70.5 cm³/mol. The number of carbonyl (C=O) groups is 2. The minimum atomic E-state index is -1.16. The molecule has 0 aromatic carbocycles. The largest absolute Gasteiger partial charge is 1.00 e. The van der Waals surface area contributed by atoms with E-state index in [1.54, 1.807) is 18.7 Å². The molecule has 0 saturated carbocycles. The van der Waals surface area contributed by atoms with E-state index in [-0.39, 0.29) is 29.6 Å². The van der Waals surface area contributed by atoms with Crippen molar-refractivity contribution in [3.8, 4) is 0 Å². The maximum absolute atomic E-state index is 11.9. The molecule has 0 aromatic rings. The zero-order valence-corrected chi connectivity index (χ0v) is 14.8. The number of urea groups is 1. The smallest absolute Gasteiger partial charge is 0.861 e. The molecule has 0 aliphatic carbocycles. The number of aliphatic imine (C=N–C) groups is 1. The van der Waals surface area contributed by atoms with Gasteiger partial charge in [0, 0.05) is 5.75 Å². The molecule has 0 fully saturated rings. The Morgan fingerprint density at radius 1 is 1.42 bits per heavy atom. The van der Waals surface area contributed by atoms with Gasteiger partial charge in [-0.15, -0.1) is 0 Å². The van der Waals surface area contributed by atoms with Crippen LogP contribution >= 0.6 is 11.8 Å². The Hall–Kier alpha value is -0.0400. The van der Waals surface area contributed by atoms with Crippen LogP contribution < -0.4 is 40.0 Å². The Labute approximate surface area is 140 Å². The first-order valence-electron chi connectivity index (χ1n) is 6.11. The van der Waals surface area contributed by atoms with Crippen LogP contribution in [0, 0.1) is 11.3 Å². The molecule has 102 valence electrons. The number of nitrogens with zero attached hydrogens (tertiary/aromatic N) is 1. The van der Waals surface area contributed by atoms with Crippen molar-refractivity contribution in [2.24, 2.45) is 16.3 Å². The normalized spacial score (nSPS) is 22.8. The first-order chi connectivity index (χ1) is 8.42. The molecular formula is C12H19N2NaO3S. The van der Waals surface area contributed by atoms with Gasteiger partial charge in [-0.1, -0.05) is 20.8 Å². The Morgan fingerprint density at radius 3 is 2.53 bits per heavy atom. The topological polar surface area (TPSA) is 81.6 Å². The second-order valence-corrected chi connectivity index (χ2v) is 5.95. The summed E-state index contributed by atoms with van der Waals surface area (Å²) in [7, 11) is 0. The van der Waals surface area contributed by atoms with Crippen molar-refractivity contribution in [2.45, 2.75) is 33.6 Å². The quantitative estimate of drug-likeness (QED) is 0.462. The van der Waals surface area contributed by atoms with E-state index in [1.807, 2.05) is 0 Å². The molecule has 1 aliphatic rings. The molecule has 19 heavy (non-hydrogen) atoms. The summed E-state index contributed by atoms with van der Waals surface area (Å²) in [6, 6.07) is -0.846. The molecule has 1 aliphatic heterocycles. The Bertz CT molecular complexity index is 374. The third-order valence-electron chi connectivity index (χ3n) is 3.06. The number of imide groups is 1. The van der Waals surface area contributed by atoms with Crippen LogP contribution in [0.25, 0.3) is 0 Å². The standard InChI is InChI=1S/C12H20N2O3S.Na/c1-4-12(7-18-6-5-8(2)3)9(15)13-11(17)14-10(12)16;/h8H,4-7H2,1-3H3,(H2,13,14,15,16,17);/q;+1/p-1. The fourth-order valence-electron chi connectivity index (χ4n) is 1.65. The number of hydrogen-bond donors (Lipinski definition) is 1. The average Bonchev–Trinajstić information content (AvgIpc) is 2.27. The molecule has 1 heterocycles. The van der Waals surface area contributed by atoms with Crippen LogP contribution in [0.1, 0.15) is 33.6 Å². The summed E-state index contributed by atoms with van der Waals surface area (Å²) in [5.74, 6) is 0.769. The van der Waals surface area contributed by atoms with E-state index in [9.17, 15) is 14.7 Å². The first-order valence-corrected chi connectivity index (χ1v) is 7.27. The monoisotopic (exact) mass is 294 g/mol. The number of carbonyl (C=O) groups excluding carboxylic acids is 2. The van der Waals surface area contributed by atoms with Crippen LogP contribution in [0.4, 0.5) is 4.79 Å². The summed E-state index contributed by atoms with van der Waals surface area (Å²) in [6.45, 7) is 6.02. The predicted octanol–water partition coefficient (Wildman–Crippen LogP) is -1.83. The number of thioether (sulfide) groups is 1. The summed E-state index contributed by atoms with van der Waals surface area (Å²) in [6.07, 6.45) is 1.40. The van der Waals surface area contributed by atoms with Gasteiger partial charge in [0.1, 0.15) is 0 Å². The van der Waals surface area contributed by atoms with Crippen molar-refractivity contribution in [3.05, 3.63) is 0 Å². The van der Waals surface area contributed by atoms with Gasteiger partial charge in [-0.2, -0.15) is 11.8 Å². The summed E-state index contributed by atoms with van der Waals surface area (Å²) in [4.78, 5) is 26.2. The maximum Gasteiger partial charge on any atom is 1.00 e. The molecule has 1 N–H and O–H groups in total. The summed E-state index contributed by atoms with van der Waals surface area (Å²) in [5.41, 5.74) is -1.16. The van der Waals surface area contributed by atoms with Gasteiger partial charge in [0.2, 0.25) is 5.91 Å². The number of nitrogens with one attached hydrogen (secondary N) is 1. The van der Waals surface area contributed by atoms with Crippen molar-refractivity contribution in [1.29, 1.82) is 0 Å². The van der Waals surface area contributed by atoms with E-state index in [0.29, 0.717) is 18.1 Å². The molecule has 0 bridgehead atoms. The molecule has 1 unspecified atom stereocenters. The van der Waals surface area contributed by atoms with E-state index < -0.39 is 23.3 Å². The van der Waals surface area contributed by atoms with Gasteiger partial charge in [-0.25, -0.2) is 9.79 Å². The van der Waals surface area contributed by atoms with Gasteiger partial charge >= 0.3 is 35.6 Å². The zero-order valence-electron chi connectivity index (χ0n) is 12.0. The van der Waals surface area contributed by atoms with Crippen LogP contribution in [0.3, 0.4) is 0 Å². The molecule has 1 rings (SSSR count). The summed E-state index contributed by atoms with van der Waals surface area (Å²) in [5, 5.41) is 14.0. The number of hydrogen-bond acceptors (Lipinski definition) is 4. The zero-order chi connectivity index (χ0) is 13.8. The van der Waals surface area contributed by atoms with Crippen molar-refractivity contribution >= 4 is 29.6 Å². The first kappa shape index (κ1) is 19.0. The van der Waals surface area contributed by atoms with Gasteiger partial charge in [-0.05, 0) is 30.4 Å². The molecule has 7 heteroatoms. The summed E-state index contributed by atoms with van der Waals surface area (Å²) < 4.78 is 0. The molecule has 0 spiro atoms. The number of rotatable bonds is 6. The van der Waals surface area contributed by atoms with E-state index >= 15 is 0 Å². The Kier molecular flexibility index (Phi) is 8.27. The molecule has 3 amide bonds. The Morgan fingerprint density at radius 2 is 2.05 bits per heavy atom. The van der Waals surface area contributed by atoms with Crippen molar-refractivity contribution in [2.75, 3.05) is 11.5 Å². The minimum Gasteiger partial charge on any atom is -0.861 e. The molecule has 0 saturated heterocycles. The van der Waals surface area contributed by atoms with Crippen molar-refractivity contribution in [1.82, 2.24) is 5.32 Å². The van der Waals surface area contributed by atoms with Gasteiger partial charge in [0.25, 0.3) is 0 Å². The van der Waals surface area contributed by atoms with E-state index in [1.165, 1.54) is 0 Å². The fourth-order valence-corrected chi connectivity index (χ4v) is 3.24. The third-order valence-corrected chi connectivity index (χ3v) is 4.28. The minimum absolute atomic E-state index is 0. The SMILES string of the molecule is CCC1(CSCCC(C)C)C(=O)NC(=O)N=C1[O-].[Na+]. The second-order valence-electron chi connectivity index (χ2n) is 4.85. The van der Waals surface area contributed by atoms with E-state index in [2.05, 4.69) is 24.2 Å². The van der Waals surface area contributed by atoms with Crippen molar-refractivity contribution < 1.29 is 44.3 Å². The van der Waals surface area contributed by atoms with E-state index in [0.717, 1.165) is 12.2 Å². The Balaban J connectivity index is 0.00000324. The molecule has 5 nitrogen and oxygen atoms in total. The molecule has 0 radical (unpaired) electrons. The van der Waals surface area contributed by atoms with Crippen LogP contribution in [-0.4, -0.2) is 29.3 Å². The molecule has 1 atom stereocenters. The van der Waals surface area contributed by atoms with Gasteiger partial charge < -0.3 is 5.11 Å². The van der Waals surface area contributed by atoms with Crippen LogP contribution in [0.5, 0.6) is 0 Å². The molecule has 0 aromatic heterocycles. The van der Waals surface area contributed by atoms with Gasteiger partial charge in [-0.3, -0.25) is 10.1 Å². The van der Waals surface area contributed by atoms with Crippen molar-refractivity contribution in [3.63, 3.8) is 0 Å². The third kappa shape index (κ3) is 4.77. The fraction of sp³-hybridized carbons (Fsp3) is 0.750. The van der Waals surface area contributed by atoms with Crippen LogP contribution in [0.15, 0.2) is 4.99 Å². The van der Waals surface area contributed by atoms with Crippen LogP contribution in [0.2, 0.25) is 0 Å². The van der Waals surface area contributed by atoms with Crippen LogP contribution in [-0.2, 0) is 4.79 Å². The van der Waals surface area contributed by atoms with E-state index in [4.69, 9.17) is 0 Å². The number of amides is 3. The second kappa shape index (κ2) is 8.29.